The van der Waals surface area contributed by atoms with Crippen molar-refractivity contribution in [1.29, 1.82) is 0 Å². The van der Waals surface area contributed by atoms with E-state index in [1.807, 2.05) is 78.9 Å². The van der Waals surface area contributed by atoms with E-state index in [4.69, 9.17) is 27.8 Å². The van der Waals surface area contributed by atoms with Gasteiger partial charge in [-0.05, 0) is 63.9 Å². The zero-order chi connectivity index (χ0) is 45.2. The number of hydrogen-bond donors (Lipinski definition) is 0. The number of aryl methyl sites for hydroxylation is 1. The molecule has 10 nitrogen and oxygen atoms in total. The number of rotatable bonds is 20. The molecule has 1 aliphatic heterocycles. The van der Waals surface area contributed by atoms with Gasteiger partial charge in [-0.3, -0.25) is 9.59 Å². The van der Waals surface area contributed by atoms with Crippen molar-refractivity contribution < 1.29 is 42.2 Å². The van der Waals surface area contributed by atoms with E-state index in [1.54, 1.807) is 4.90 Å². The van der Waals surface area contributed by atoms with Gasteiger partial charge in [-0.25, -0.2) is 4.79 Å². The molecule has 4 aromatic carbocycles. The van der Waals surface area contributed by atoms with Crippen molar-refractivity contribution in [2.45, 2.75) is 89.6 Å². The molecule has 2 aliphatic rings. The first-order chi connectivity index (χ1) is 31.0. The number of furan rings is 1. The second kappa shape index (κ2) is 20.9. The molecule has 1 aromatic heterocycles. The lowest BCUT2D eigenvalue weighted by Gasteiger charge is -2.43. The van der Waals surface area contributed by atoms with E-state index in [-0.39, 0.29) is 30.4 Å². The minimum Gasteiger partial charge on any atom is -0.468 e. The number of carbonyl (C=O) groups excluding carboxylic acids is 3. The second-order valence-corrected chi connectivity index (χ2v) is 22.0. The van der Waals surface area contributed by atoms with Gasteiger partial charge < -0.3 is 32.7 Å². The molecule has 0 bridgehead atoms. The minimum absolute atomic E-state index is 0.144. The summed E-state index contributed by atoms with van der Waals surface area (Å²) >= 11 is 0. The number of carbonyl (C=O) groups is 3. The van der Waals surface area contributed by atoms with Crippen LogP contribution in [0.4, 0.5) is 0 Å². The summed E-state index contributed by atoms with van der Waals surface area (Å²) in [4.78, 5) is 44.0. The molecule has 3 atom stereocenters. The van der Waals surface area contributed by atoms with E-state index in [0.717, 1.165) is 11.1 Å². The van der Waals surface area contributed by atoms with E-state index < -0.39 is 37.8 Å². The molecule has 5 aromatic rings. The highest BCUT2D eigenvalue weighted by molar-refractivity contribution is 6.99. The minimum atomic E-state index is -2.77. The van der Waals surface area contributed by atoms with Gasteiger partial charge in [-0.15, -0.1) is 0 Å². The summed E-state index contributed by atoms with van der Waals surface area (Å²) in [6, 6.07) is 41.4. The monoisotopic (exact) mass is 883 g/mol. The smallest absolute Gasteiger partial charge is 0.330 e. The van der Waals surface area contributed by atoms with Crippen LogP contribution in [-0.4, -0.2) is 71.1 Å². The van der Waals surface area contributed by atoms with E-state index in [2.05, 4.69) is 69.3 Å². The van der Waals surface area contributed by atoms with Gasteiger partial charge in [0, 0.05) is 37.7 Å². The Morgan fingerprint density at radius 2 is 1.33 bits per heavy atom. The number of likely N-dealkylation sites (tertiary alicyclic amines) is 1. The van der Waals surface area contributed by atoms with Crippen molar-refractivity contribution in [2.24, 2.45) is 5.41 Å². The summed E-state index contributed by atoms with van der Waals surface area (Å²) < 4.78 is 36.9. The lowest BCUT2D eigenvalue weighted by Crippen LogP contribution is -2.66. The maximum Gasteiger partial charge on any atom is 0.330 e. The zero-order valence-corrected chi connectivity index (χ0v) is 38.8. The predicted molar refractivity (Wildman–Crippen MR) is 249 cm³/mol. The van der Waals surface area contributed by atoms with Crippen LogP contribution >= 0.6 is 0 Å². The van der Waals surface area contributed by atoms with Crippen LogP contribution < -0.4 is 10.4 Å². The van der Waals surface area contributed by atoms with Crippen LogP contribution in [-0.2, 0) is 57.4 Å². The van der Waals surface area contributed by atoms with Crippen molar-refractivity contribution in [3.8, 4) is 0 Å². The van der Waals surface area contributed by atoms with Crippen LogP contribution in [0.5, 0.6) is 0 Å². The topological polar surface area (TPSA) is 114 Å². The summed E-state index contributed by atoms with van der Waals surface area (Å²) in [6.07, 6.45) is 4.16. The number of esters is 2. The first-order valence-corrected chi connectivity index (χ1v) is 24.3. The van der Waals surface area contributed by atoms with Crippen LogP contribution in [0.1, 0.15) is 87.1 Å². The van der Waals surface area contributed by atoms with Gasteiger partial charge in [-0.1, -0.05) is 142 Å². The summed E-state index contributed by atoms with van der Waals surface area (Å²) in [5, 5.41) is 2.23. The van der Waals surface area contributed by atoms with Crippen LogP contribution in [0.2, 0.25) is 5.04 Å². The number of fused-ring (bicyclic) bond motifs is 3. The van der Waals surface area contributed by atoms with Gasteiger partial charge >= 0.3 is 11.9 Å². The highest BCUT2D eigenvalue weighted by atomic mass is 28.4. The zero-order valence-electron chi connectivity index (χ0n) is 37.8. The standard InChI is InChI=1S/C53H61NO9Si/c1-52(2,3)64(43-26-14-8-15-27-43,44-28-16-9-17-29-44)62-32-20-25-42-33-45-46(34-48(56)58-4)53(51(57)59-5)35-41(38-61-37-40-23-12-7-13-24-40)54(50(53)49(45)63-42)47(55)30-18-19-31-60-36-39-21-10-6-11-22-39/h6-17,21-24,26-29,33-34,41,50H,18-20,25,30-32,35-38H2,1-5H3/b46-34+/t41-,50+,53+/m0/s1. The van der Waals surface area contributed by atoms with Gasteiger partial charge in [0.2, 0.25) is 5.91 Å². The Hall–Kier alpha value is -5.59. The highest BCUT2D eigenvalue weighted by Crippen LogP contribution is 2.65. The summed E-state index contributed by atoms with van der Waals surface area (Å²) in [5.74, 6) is -0.208. The van der Waals surface area contributed by atoms with E-state index >= 15 is 0 Å². The van der Waals surface area contributed by atoms with Crippen molar-refractivity contribution in [3.63, 3.8) is 0 Å². The highest BCUT2D eigenvalue weighted by Gasteiger charge is 2.67. The fraction of sp³-hybridized carbons (Fsp3) is 0.377. The van der Waals surface area contributed by atoms with Crippen LogP contribution in [0.15, 0.2) is 138 Å². The molecule has 0 saturated carbocycles. The van der Waals surface area contributed by atoms with E-state index in [9.17, 15) is 14.4 Å². The Balaban J connectivity index is 1.16. The van der Waals surface area contributed by atoms with Crippen molar-refractivity contribution in [2.75, 3.05) is 34.0 Å². The average molecular weight is 884 g/mol. The number of benzene rings is 4. The molecule has 64 heavy (non-hydrogen) atoms. The van der Waals surface area contributed by atoms with Crippen molar-refractivity contribution in [1.82, 2.24) is 4.90 Å². The van der Waals surface area contributed by atoms with Gasteiger partial charge in [0.15, 0.2) is 0 Å². The number of methoxy groups -OCH3 is 2. The van der Waals surface area contributed by atoms with E-state index in [0.29, 0.717) is 74.8 Å². The lowest BCUT2D eigenvalue weighted by molar-refractivity contribution is -0.151. The number of nitrogens with zero attached hydrogens (tertiary/aromatic N) is 1. The predicted octanol–water partition coefficient (Wildman–Crippen LogP) is 8.76. The quantitative estimate of drug-likeness (QED) is 0.0328. The second-order valence-electron chi connectivity index (χ2n) is 17.7. The summed E-state index contributed by atoms with van der Waals surface area (Å²) in [5.41, 5.74) is 1.66. The SMILES string of the molecule is COC(=O)/C=C1\c2cc(CCCO[Si](c3ccccc3)(c3ccccc3)C(C)(C)C)oc2[C@H]2N(C(=O)CCCCOCc3ccccc3)[C@H](COCc3ccccc3)C[C@@]12C(=O)OC. The number of amides is 1. The maximum atomic E-state index is 14.7. The number of ether oxygens (including phenoxy) is 4. The maximum absolute atomic E-state index is 14.7. The molecular weight excluding hydrogens is 823 g/mol. The first kappa shape index (κ1) is 46.4. The molecule has 336 valence electrons. The summed E-state index contributed by atoms with van der Waals surface area (Å²) in [6.45, 7) is 8.72. The Morgan fingerprint density at radius 3 is 1.89 bits per heavy atom. The molecule has 2 heterocycles. The fourth-order valence-electron chi connectivity index (χ4n) is 9.72. The van der Waals surface area contributed by atoms with E-state index in [1.165, 1.54) is 30.7 Å². The van der Waals surface area contributed by atoms with Gasteiger partial charge in [0.05, 0.1) is 40.1 Å². The molecular formula is C53H61NO9Si. The van der Waals surface area contributed by atoms with Crippen LogP contribution in [0.25, 0.3) is 5.57 Å². The van der Waals surface area contributed by atoms with Crippen molar-refractivity contribution in [3.05, 3.63) is 162 Å². The first-order valence-electron chi connectivity index (χ1n) is 22.3. The lowest BCUT2D eigenvalue weighted by atomic mass is 9.76. The molecule has 11 heteroatoms. The third kappa shape index (κ3) is 9.73. The molecule has 0 radical (unpaired) electrons. The molecule has 0 unspecified atom stereocenters. The third-order valence-corrected chi connectivity index (χ3v) is 17.6. The van der Waals surface area contributed by atoms with Crippen LogP contribution in [0.3, 0.4) is 0 Å². The fourth-order valence-corrected chi connectivity index (χ4v) is 14.3. The molecule has 0 N–H and O–H groups in total. The molecule has 1 saturated heterocycles. The molecule has 7 rings (SSSR count). The van der Waals surface area contributed by atoms with Gasteiger partial charge in [0.25, 0.3) is 8.32 Å². The summed E-state index contributed by atoms with van der Waals surface area (Å²) in [7, 11) is -0.131. The Morgan fingerprint density at radius 1 is 0.750 bits per heavy atom. The van der Waals surface area contributed by atoms with Crippen LogP contribution in [0, 0.1) is 5.41 Å². The average Bonchev–Trinajstić information content (AvgIpc) is 3.95. The third-order valence-electron chi connectivity index (χ3n) is 12.6. The van der Waals surface area contributed by atoms with Gasteiger partial charge in [-0.2, -0.15) is 0 Å². The molecule has 1 amide bonds. The largest absolute Gasteiger partial charge is 0.468 e. The Bertz CT molecular complexity index is 2300. The number of unbranched alkanes of at least 4 members (excludes halogenated alkanes) is 1. The normalized spacial score (nSPS) is 18.8. The number of hydrogen-bond acceptors (Lipinski definition) is 9. The molecule has 1 fully saturated rings. The molecule has 1 aliphatic carbocycles. The van der Waals surface area contributed by atoms with Gasteiger partial charge in [0.1, 0.15) is 23.0 Å². The Kier molecular flexibility index (Phi) is 15.2. The molecule has 0 spiro atoms. The van der Waals surface area contributed by atoms with Crippen molar-refractivity contribution >= 4 is 42.1 Å². The Labute approximate surface area is 378 Å².